The van der Waals surface area contributed by atoms with E-state index in [0.717, 1.165) is 6.42 Å². The van der Waals surface area contributed by atoms with Gasteiger partial charge in [0.25, 0.3) is 0 Å². The quantitative estimate of drug-likeness (QED) is 0.407. The van der Waals surface area contributed by atoms with Gasteiger partial charge < -0.3 is 10.1 Å². The molecule has 1 unspecified atom stereocenters. The third kappa shape index (κ3) is 8.52. The van der Waals surface area contributed by atoms with Gasteiger partial charge in [-0.25, -0.2) is 0 Å². The number of rotatable bonds is 6. The molecule has 11 heavy (non-hydrogen) atoms. The van der Waals surface area contributed by atoms with E-state index in [2.05, 4.69) is 18.7 Å². The van der Waals surface area contributed by atoms with Crippen molar-refractivity contribution >= 4 is 0 Å². The molecule has 0 amide bonds. The second-order valence-corrected chi connectivity index (χ2v) is 2.73. The van der Waals surface area contributed by atoms with E-state index in [1.807, 2.05) is 0 Å². The predicted octanol–water partition coefficient (Wildman–Crippen LogP) is 1.00. The van der Waals surface area contributed by atoms with E-state index in [1.54, 1.807) is 0 Å². The summed E-state index contributed by atoms with van der Waals surface area (Å²) < 4.78 is 0. The molecule has 3 heteroatoms. The summed E-state index contributed by atoms with van der Waals surface area (Å²) >= 11 is 0. The summed E-state index contributed by atoms with van der Waals surface area (Å²) in [5.41, 5.74) is 0. The van der Waals surface area contributed by atoms with Crippen LogP contribution in [-0.2, 0) is 21.1 Å². The molecule has 1 atom stereocenters. The van der Waals surface area contributed by atoms with Crippen molar-refractivity contribution in [3.63, 3.8) is 0 Å². The van der Waals surface area contributed by atoms with Crippen molar-refractivity contribution in [3.05, 3.63) is 0 Å². The first-order chi connectivity index (χ1) is 4.85. The van der Waals surface area contributed by atoms with Crippen molar-refractivity contribution in [2.24, 2.45) is 5.92 Å². The number of unbranched alkanes of at least 4 members (excludes halogenated alkanes) is 1. The Bertz CT molecular complexity index is 69.1. The fourth-order valence-corrected chi connectivity index (χ4v) is 1.02. The van der Waals surface area contributed by atoms with Crippen LogP contribution in [0.3, 0.4) is 0 Å². The van der Waals surface area contributed by atoms with Crippen LogP contribution in [0.2, 0.25) is 0 Å². The van der Waals surface area contributed by atoms with Crippen molar-refractivity contribution in [2.75, 3.05) is 6.61 Å². The van der Waals surface area contributed by atoms with Crippen LogP contribution >= 0.6 is 0 Å². The zero-order valence-corrected chi connectivity index (χ0v) is 10.3. The van der Waals surface area contributed by atoms with E-state index in [0.29, 0.717) is 12.5 Å². The number of aliphatic hydroxyl groups is 1. The molecule has 0 aliphatic rings. The average Bonchev–Trinajstić information content (AvgIpc) is 1.98. The van der Waals surface area contributed by atoms with Gasteiger partial charge >= 0.3 is 0 Å². The first-order valence-corrected chi connectivity index (χ1v) is 4.14. The van der Waals surface area contributed by atoms with Gasteiger partial charge in [-0.2, -0.15) is 0 Å². The molecular weight excluding hydrogens is 312 g/mol. The molecule has 0 aliphatic heterocycles. The first-order valence-electron chi connectivity index (χ1n) is 4.14. The summed E-state index contributed by atoms with van der Waals surface area (Å²) in [6.45, 7) is 4.79. The van der Waals surface area contributed by atoms with Gasteiger partial charge in [0, 0.05) is 27.0 Å². The molecule has 0 bridgehead atoms. The molecule has 0 heterocycles. The maximum absolute atomic E-state index is 9.89. The zero-order valence-electron chi connectivity index (χ0n) is 7.38. The maximum Gasteiger partial charge on any atom is 0.153 e. The third-order valence-corrected chi connectivity index (χ3v) is 1.88. The molecule has 0 radical (unpaired) electrons. The monoisotopic (exact) mass is 330 g/mol. The Balaban J connectivity index is 0. The van der Waals surface area contributed by atoms with Crippen LogP contribution in [0.4, 0.5) is 0 Å². The summed E-state index contributed by atoms with van der Waals surface area (Å²) in [7, 11) is 0. The van der Waals surface area contributed by atoms with Gasteiger partial charge in [-0.3, -0.25) is 0 Å². The second-order valence-electron chi connectivity index (χ2n) is 2.73. The summed E-state index contributed by atoms with van der Waals surface area (Å²) in [5, 5.41) is 9.89. The standard InChI is InChI=1S/C8H18O2.W/c1-3-5-6-8(4-2)7-10-9;/h8,10H,3-7H2,1-2H3;. The van der Waals surface area contributed by atoms with E-state index in [1.165, 1.54) is 19.3 Å². The maximum atomic E-state index is 9.89. The number of hydrogen-bond acceptors (Lipinski definition) is 1. The van der Waals surface area contributed by atoms with Crippen LogP contribution in [0.15, 0.2) is 0 Å². The minimum absolute atomic E-state index is 0. The summed E-state index contributed by atoms with van der Waals surface area (Å²) in [5.74, 6) is 0.539. The smallest absolute Gasteiger partial charge is 0.153 e. The Kier molecular flexibility index (Phi) is 13.6. The molecule has 0 fully saturated rings. The van der Waals surface area contributed by atoms with Crippen LogP contribution < -0.4 is 5.26 Å². The van der Waals surface area contributed by atoms with Crippen LogP contribution in [0.1, 0.15) is 39.5 Å². The fraction of sp³-hybridized carbons (Fsp3) is 1.00. The van der Waals surface area contributed by atoms with E-state index < -0.39 is 0 Å². The molecule has 0 aromatic carbocycles. The average molecular weight is 330 g/mol. The van der Waals surface area contributed by atoms with Gasteiger partial charge in [-0.05, 0) is 12.8 Å². The topological polar surface area (TPSA) is 35.9 Å². The van der Waals surface area contributed by atoms with E-state index in [4.69, 9.17) is 0 Å². The molecule has 0 saturated heterocycles. The largest absolute Gasteiger partial charge is 0.535 e. The molecule has 0 spiro atoms. The van der Waals surface area contributed by atoms with Gasteiger partial charge in [-0.15, -0.1) is 0 Å². The van der Waals surface area contributed by atoms with Crippen LogP contribution in [-0.4, -0.2) is 11.5 Å². The Labute approximate surface area is 83.5 Å². The minimum atomic E-state index is 0. The van der Waals surface area contributed by atoms with E-state index in [-0.39, 0.29) is 21.1 Å². The number of hydrogen-bond donors (Lipinski definition) is 0. The molecule has 0 aromatic rings. The predicted molar refractivity (Wildman–Crippen MR) is 40.4 cm³/mol. The fourth-order valence-electron chi connectivity index (χ4n) is 1.02. The molecule has 68 valence electrons. The van der Waals surface area contributed by atoms with Crippen molar-refractivity contribution in [1.29, 1.82) is 0 Å². The van der Waals surface area contributed by atoms with Crippen molar-refractivity contribution in [2.45, 2.75) is 39.5 Å². The van der Waals surface area contributed by atoms with Gasteiger partial charge in [0.05, 0.1) is 0 Å². The molecule has 0 saturated carbocycles. The zero-order chi connectivity index (χ0) is 7.82. The Morgan fingerprint density at radius 1 is 1.36 bits per heavy atom. The van der Waals surface area contributed by atoms with Crippen LogP contribution in [0.5, 0.6) is 0 Å². The van der Waals surface area contributed by atoms with Gasteiger partial charge in [0.1, 0.15) is 0 Å². The Morgan fingerprint density at radius 3 is 2.36 bits per heavy atom. The van der Waals surface area contributed by atoms with Crippen molar-refractivity contribution < 1.29 is 31.2 Å². The van der Waals surface area contributed by atoms with Crippen molar-refractivity contribution in [3.8, 4) is 0 Å². The normalized spacial score (nSPS) is 12.3. The van der Waals surface area contributed by atoms with Crippen LogP contribution in [0, 0.1) is 5.92 Å². The summed E-state index contributed by atoms with van der Waals surface area (Å²) in [4.78, 5) is 2.91. The summed E-state index contributed by atoms with van der Waals surface area (Å²) in [6.07, 6.45) is 4.70. The molecule has 2 nitrogen and oxygen atoms in total. The van der Waals surface area contributed by atoms with Gasteiger partial charge in [0.15, 0.2) is 6.61 Å². The molecule has 0 rings (SSSR count). The SMILES string of the molecule is CCCCC(CC)C[OH+][O-].[W]. The van der Waals surface area contributed by atoms with E-state index in [9.17, 15) is 5.26 Å². The summed E-state index contributed by atoms with van der Waals surface area (Å²) in [6, 6.07) is 0. The van der Waals surface area contributed by atoms with Crippen molar-refractivity contribution in [1.82, 2.24) is 0 Å². The van der Waals surface area contributed by atoms with Gasteiger partial charge in [0.2, 0.25) is 0 Å². The Morgan fingerprint density at radius 2 is 2.00 bits per heavy atom. The second kappa shape index (κ2) is 10.6. The molecule has 0 aliphatic carbocycles. The Hall–Kier alpha value is 0.608. The molecule has 1 N–H and O–H groups in total. The van der Waals surface area contributed by atoms with Crippen LogP contribution in [0.25, 0.3) is 0 Å². The first kappa shape index (κ1) is 14.2. The third-order valence-electron chi connectivity index (χ3n) is 1.88. The minimum Gasteiger partial charge on any atom is -0.535 e. The van der Waals surface area contributed by atoms with Gasteiger partial charge in [-0.1, -0.05) is 26.7 Å². The molecular formula is C8H18O2W. The van der Waals surface area contributed by atoms with E-state index >= 15 is 0 Å². The molecule has 0 aromatic heterocycles.